The first kappa shape index (κ1) is 15.4. The van der Waals surface area contributed by atoms with Crippen LogP contribution >= 0.6 is 0 Å². The topological polar surface area (TPSA) is 69.6 Å². The number of rotatable bonds is 4. The van der Waals surface area contributed by atoms with E-state index >= 15 is 0 Å². The third-order valence-corrected chi connectivity index (χ3v) is 3.92. The van der Waals surface area contributed by atoms with Gasteiger partial charge in [0, 0.05) is 19.0 Å². The van der Waals surface area contributed by atoms with Crippen LogP contribution in [0.5, 0.6) is 0 Å². The van der Waals surface area contributed by atoms with Crippen molar-refractivity contribution in [1.29, 1.82) is 0 Å². The Bertz CT molecular complexity index is 504. The van der Waals surface area contributed by atoms with E-state index in [0.717, 1.165) is 12.0 Å². The fraction of sp³-hybridized carbons (Fsp3) is 0.500. The van der Waals surface area contributed by atoms with Crippen LogP contribution in [0.25, 0.3) is 0 Å². The standard InChI is InChI=1S/C16H22N2O3/c1-11-8-12(2)18(10-11)16(21)17-14(15(19)20)9-13-6-4-3-5-7-13/h3-7,11-12,14H,8-10H2,1-2H3,(H,17,21)(H,19,20)/t11?,12?,14-/m0/s1. The van der Waals surface area contributed by atoms with Gasteiger partial charge >= 0.3 is 12.0 Å². The Morgan fingerprint density at radius 2 is 2.00 bits per heavy atom. The lowest BCUT2D eigenvalue weighted by atomic mass is 10.1. The van der Waals surface area contributed by atoms with E-state index < -0.39 is 12.0 Å². The van der Waals surface area contributed by atoms with Crippen LogP contribution in [0.3, 0.4) is 0 Å². The number of likely N-dealkylation sites (tertiary alicyclic amines) is 1. The highest BCUT2D eigenvalue weighted by Gasteiger charge is 2.32. The Balaban J connectivity index is 2.00. The minimum Gasteiger partial charge on any atom is -0.480 e. The molecular formula is C16H22N2O3. The molecule has 0 saturated carbocycles. The lowest BCUT2D eigenvalue weighted by Gasteiger charge is -2.24. The predicted molar refractivity (Wildman–Crippen MR) is 80.1 cm³/mol. The van der Waals surface area contributed by atoms with Gasteiger partial charge in [-0.15, -0.1) is 0 Å². The number of carbonyl (C=O) groups excluding carboxylic acids is 1. The molecule has 1 aromatic carbocycles. The van der Waals surface area contributed by atoms with Crippen molar-refractivity contribution in [2.24, 2.45) is 5.92 Å². The predicted octanol–water partition coefficient (Wildman–Crippen LogP) is 2.12. The Morgan fingerprint density at radius 3 is 2.52 bits per heavy atom. The smallest absolute Gasteiger partial charge is 0.326 e. The van der Waals surface area contributed by atoms with Crippen LogP contribution in [0.15, 0.2) is 30.3 Å². The van der Waals surface area contributed by atoms with Crippen LogP contribution in [0.4, 0.5) is 4.79 Å². The normalized spacial score (nSPS) is 22.9. The zero-order valence-corrected chi connectivity index (χ0v) is 12.5. The highest BCUT2D eigenvalue weighted by atomic mass is 16.4. The molecule has 2 amide bonds. The fourth-order valence-corrected chi connectivity index (χ4v) is 2.86. The molecule has 1 aliphatic heterocycles. The minimum atomic E-state index is -1.01. The summed E-state index contributed by atoms with van der Waals surface area (Å²) in [5.74, 6) is -0.546. The summed E-state index contributed by atoms with van der Waals surface area (Å²) in [6, 6.07) is 8.31. The SMILES string of the molecule is CC1CC(C)N(C(=O)N[C@@H](Cc2ccccc2)C(=O)O)C1. The third-order valence-electron chi connectivity index (χ3n) is 3.92. The number of aliphatic carboxylic acids is 1. The molecule has 0 spiro atoms. The van der Waals surface area contributed by atoms with Gasteiger partial charge < -0.3 is 15.3 Å². The summed E-state index contributed by atoms with van der Waals surface area (Å²) >= 11 is 0. The van der Waals surface area contributed by atoms with Gasteiger partial charge in [-0.05, 0) is 24.8 Å². The van der Waals surface area contributed by atoms with E-state index in [9.17, 15) is 14.7 Å². The van der Waals surface area contributed by atoms with Crippen molar-refractivity contribution in [2.45, 2.75) is 38.8 Å². The number of carbonyl (C=O) groups is 2. The summed E-state index contributed by atoms with van der Waals surface area (Å²) in [6.45, 7) is 4.78. The average molecular weight is 290 g/mol. The average Bonchev–Trinajstić information content (AvgIpc) is 2.78. The third kappa shape index (κ3) is 3.97. The van der Waals surface area contributed by atoms with Gasteiger partial charge in [-0.1, -0.05) is 37.3 Å². The Kier molecular flexibility index (Phi) is 4.83. The van der Waals surface area contributed by atoms with E-state index in [4.69, 9.17) is 0 Å². The lowest BCUT2D eigenvalue weighted by molar-refractivity contribution is -0.139. The number of hydrogen-bond donors (Lipinski definition) is 2. The van der Waals surface area contributed by atoms with Gasteiger partial charge in [0.2, 0.25) is 0 Å². The van der Waals surface area contributed by atoms with E-state index in [1.54, 1.807) is 4.90 Å². The van der Waals surface area contributed by atoms with Crippen molar-refractivity contribution < 1.29 is 14.7 Å². The zero-order chi connectivity index (χ0) is 15.4. The van der Waals surface area contributed by atoms with Crippen molar-refractivity contribution in [3.05, 3.63) is 35.9 Å². The molecule has 1 aromatic rings. The molecule has 0 aliphatic carbocycles. The number of nitrogens with zero attached hydrogens (tertiary/aromatic N) is 1. The number of carboxylic acid groups (broad SMARTS) is 1. The highest BCUT2D eigenvalue weighted by molar-refractivity contribution is 5.83. The summed E-state index contributed by atoms with van der Waals surface area (Å²) in [5.41, 5.74) is 0.896. The van der Waals surface area contributed by atoms with Crippen LogP contribution < -0.4 is 5.32 Å². The molecule has 3 atom stereocenters. The molecule has 0 radical (unpaired) electrons. The van der Waals surface area contributed by atoms with E-state index in [2.05, 4.69) is 12.2 Å². The van der Waals surface area contributed by atoms with E-state index in [0.29, 0.717) is 18.9 Å². The van der Waals surface area contributed by atoms with Gasteiger partial charge in [-0.25, -0.2) is 9.59 Å². The Hall–Kier alpha value is -2.04. The molecule has 0 bridgehead atoms. The molecule has 2 rings (SSSR count). The molecule has 1 fully saturated rings. The maximum Gasteiger partial charge on any atom is 0.326 e. The molecule has 1 heterocycles. The van der Waals surface area contributed by atoms with Gasteiger partial charge in [0.1, 0.15) is 6.04 Å². The molecule has 1 saturated heterocycles. The number of nitrogens with one attached hydrogen (secondary N) is 1. The molecule has 1 aliphatic rings. The number of urea groups is 1. The lowest BCUT2D eigenvalue weighted by Crippen LogP contribution is -2.49. The zero-order valence-electron chi connectivity index (χ0n) is 12.5. The summed E-state index contributed by atoms with van der Waals surface area (Å²) < 4.78 is 0. The molecule has 0 aromatic heterocycles. The van der Waals surface area contributed by atoms with Crippen molar-refractivity contribution >= 4 is 12.0 Å². The van der Waals surface area contributed by atoms with Gasteiger partial charge in [0.25, 0.3) is 0 Å². The fourth-order valence-electron chi connectivity index (χ4n) is 2.86. The van der Waals surface area contributed by atoms with Gasteiger partial charge in [-0.3, -0.25) is 0 Å². The molecule has 5 nitrogen and oxygen atoms in total. The van der Waals surface area contributed by atoms with E-state index in [-0.39, 0.29) is 12.1 Å². The summed E-state index contributed by atoms with van der Waals surface area (Å²) in [4.78, 5) is 25.4. The molecule has 2 unspecified atom stereocenters. The number of amides is 2. The van der Waals surface area contributed by atoms with Crippen LogP contribution in [0.2, 0.25) is 0 Å². The second kappa shape index (κ2) is 6.61. The maximum atomic E-state index is 12.3. The number of hydrogen-bond acceptors (Lipinski definition) is 2. The first-order valence-corrected chi connectivity index (χ1v) is 7.31. The quantitative estimate of drug-likeness (QED) is 0.892. The second-order valence-corrected chi connectivity index (χ2v) is 5.87. The molecule has 2 N–H and O–H groups in total. The second-order valence-electron chi connectivity index (χ2n) is 5.87. The number of carboxylic acids is 1. The summed E-state index contributed by atoms with van der Waals surface area (Å²) in [5, 5.41) is 12.0. The first-order valence-electron chi connectivity index (χ1n) is 7.31. The van der Waals surface area contributed by atoms with Gasteiger partial charge in [0.15, 0.2) is 0 Å². The van der Waals surface area contributed by atoms with Crippen LogP contribution in [0, 0.1) is 5.92 Å². The Morgan fingerprint density at radius 1 is 1.33 bits per heavy atom. The minimum absolute atomic E-state index is 0.158. The van der Waals surface area contributed by atoms with Crippen LogP contribution in [-0.4, -0.2) is 40.6 Å². The monoisotopic (exact) mass is 290 g/mol. The molecule has 114 valence electrons. The van der Waals surface area contributed by atoms with Gasteiger partial charge in [-0.2, -0.15) is 0 Å². The van der Waals surface area contributed by atoms with E-state index in [1.807, 2.05) is 37.3 Å². The van der Waals surface area contributed by atoms with Crippen molar-refractivity contribution in [3.8, 4) is 0 Å². The van der Waals surface area contributed by atoms with Crippen molar-refractivity contribution in [3.63, 3.8) is 0 Å². The van der Waals surface area contributed by atoms with Crippen molar-refractivity contribution in [1.82, 2.24) is 10.2 Å². The molecular weight excluding hydrogens is 268 g/mol. The largest absolute Gasteiger partial charge is 0.480 e. The molecule has 5 heteroatoms. The Labute approximate surface area is 125 Å². The molecule has 21 heavy (non-hydrogen) atoms. The van der Waals surface area contributed by atoms with Crippen LogP contribution in [0.1, 0.15) is 25.8 Å². The maximum absolute atomic E-state index is 12.3. The van der Waals surface area contributed by atoms with Crippen LogP contribution in [-0.2, 0) is 11.2 Å². The summed E-state index contributed by atoms with van der Waals surface area (Å²) in [7, 11) is 0. The number of benzene rings is 1. The van der Waals surface area contributed by atoms with E-state index in [1.165, 1.54) is 0 Å². The highest BCUT2D eigenvalue weighted by Crippen LogP contribution is 2.22. The van der Waals surface area contributed by atoms with Crippen molar-refractivity contribution in [2.75, 3.05) is 6.54 Å². The van der Waals surface area contributed by atoms with Gasteiger partial charge in [0.05, 0.1) is 0 Å². The summed E-state index contributed by atoms with van der Waals surface area (Å²) in [6.07, 6.45) is 1.25. The first-order chi connectivity index (χ1) is 9.97.